The smallest absolute Gasteiger partial charge is 0.239 e. The van der Waals surface area contributed by atoms with E-state index in [9.17, 15) is 19.5 Å². The van der Waals surface area contributed by atoms with Crippen LogP contribution in [0, 0.1) is 5.92 Å². The number of amides is 1. The van der Waals surface area contributed by atoms with Gasteiger partial charge in [0.05, 0.1) is 42.1 Å². The van der Waals surface area contributed by atoms with Crippen molar-refractivity contribution in [1.29, 1.82) is 0 Å². The number of hydrogen-bond acceptors (Lipinski definition) is 13. The normalized spacial score (nSPS) is 19.3. The highest BCUT2D eigenvalue weighted by Gasteiger charge is 2.61. The topological polar surface area (TPSA) is 206 Å². The summed E-state index contributed by atoms with van der Waals surface area (Å²) in [5.41, 5.74) is 3.62. The Labute approximate surface area is 274 Å². The van der Waals surface area contributed by atoms with Crippen molar-refractivity contribution in [2.45, 2.75) is 37.8 Å². The summed E-state index contributed by atoms with van der Waals surface area (Å²) in [7, 11) is 7.02. The fourth-order valence-electron chi connectivity index (χ4n) is 6.06. The number of nitrogens with two attached hydrogens (primary N) is 1. The molecular formula is C31H34ClN5O10. The summed E-state index contributed by atoms with van der Waals surface area (Å²) in [5, 5.41) is 21.2. The molecule has 1 aromatic heterocycles. The van der Waals surface area contributed by atoms with Crippen molar-refractivity contribution >= 4 is 35.0 Å². The van der Waals surface area contributed by atoms with E-state index in [0.717, 1.165) is 0 Å². The van der Waals surface area contributed by atoms with Crippen molar-refractivity contribution in [1.82, 2.24) is 20.5 Å². The van der Waals surface area contributed by atoms with Crippen molar-refractivity contribution in [3.05, 3.63) is 51.5 Å². The Balaban J connectivity index is 1.68. The van der Waals surface area contributed by atoms with Crippen LogP contribution in [0.4, 0.5) is 5.95 Å². The molecule has 15 nitrogen and oxygen atoms in total. The van der Waals surface area contributed by atoms with E-state index in [0.29, 0.717) is 11.4 Å². The molecule has 1 aliphatic carbocycles. The Morgan fingerprint density at radius 3 is 2.28 bits per heavy atom. The largest absolute Gasteiger partial charge is 0.507 e. The number of anilines is 1. The van der Waals surface area contributed by atoms with Crippen LogP contribution in [0.1, 0.15) is 47.4 Å². The van der Waals surface area contributed by atoms with Crippen LogP contribution in [0.3, 0.4) is 0 Å². The number of H-pyrrole nitrogens is 1. The van der Waals surface area contributed by atoms with E-state index in [1.54, 1.807) is 19.1 Å². The molecule has 1 spiro atoms. The maximum atomic E-state index is 14.3. The number of aliphatic hydroxyl groups excluding tert-OH is 1. The summed E-state index contributed by atoms with van der Waals surface area (Å²) < 4.78 is 33.6. The molecule has 3 aromatic rings. The number of ether oxygens (including phenoxy) is 6. The van der Waals surface area contributed by atoms with Gasteiger partial charge in [0.2, 0.25) is 29.0 Å². The first-order valence-corrected chi connectivity index (χ1v) is 14.7. The molecule has 0 radical (unpaired) electrons. The first-order valence-electron chi connectivity index (χ1n) is 14.3. The number of aromatic nitrogens is 3. The van der Waals surface area contributed by atoms with Crippen LogP contribution >= 0.6 is 11.6 Å². The molecule has 2 aliphatic rings. The van der Waals surface area contributed by atoms with Gasteiger partial charge in [-0.1, -0.05) is 18.5 Å². The lowest BCUT2D eigenvalue weighted by Crippen LogP contribution is -2.53. The van der Waals surface area contributed by atoms with Gasteiger partial charge in [-0.15, -0.1) is 5.10 Å². The van der Waals surface area contributed by atoms with E-state index in [2.05, 4.69) is 20.5 Å². The number of fused-ring (bicyclic) bond motifs is 1. The highest BCUT2D eigenvalue weighted by molar-refractivity contribution is 6.35. The number of carbonyl (C=O) groups is 3. The molecule has 3 unspecified atom stereocenters. The summed E-state index contributed by atoms with van der Waals surface area (Å²) in [5.74, 6) is -3.08. The summed E-state index contributed by atoms with van der Waals surface area (Å²) >= 11 is 6.59. The van der Waals surface area contributed by atoms with Crippen molar-refractivity contribution in [2.24, 2.45) is 5.92 Å². The average Bonchev–Trinajstić information content (AvgIpc) is 3.63. The van der Waals surface area contributed by atoms with Gasteiger partial charge in [-0.2, -0.15) is 4.98 Å². The number of Topliss-reactive ketones (excluding diaryl/α,β-unsaturated/α-hetero) is 2. The number of methoxy groups -OCH3 is 5. The van der Waals surface area contributed by atoms with Crippen molar-refractivity contribution in [3.63, 3.8) is 0 Å². The number of halogens is 1. The van der Waals surface area contributed by atoms with E-state index in [1.165, 1.54) is 41.6 Å². The van der Waals surface area contributed by atoms with E-state index in [4.69, 9.17) is 45.8 Å². The van der Waals surface area contributed by atoms with Gasteiger partial charge in [0.25, 0.3) is 0 Å². The second kappa shape index (κ2) is 12.9. The van der Waals surface area contributed by atoms with Gasteiger partial charge in [-0.25, -0.2) is 0 Å². The Morgan fingerprint density at radius 1 is 1.09 bits per heavy atom. The van der Waals surface area contributed by atoms with Crippen LogP contribution < -0.4 is 39.5 Å². The van der Waals surface area contributed by atoms with Crippen LogP contribution in [-0.2, 0) is 16.1 Å². The maximum absolute atomic E-state index is 14.3. The molecule has 1 aliphatic heterocycles. The standard InChI is InChI=1S/C31H34ClN5O10/c1-13-7-16(38)23(28(40)31(13)29(41)24-17(42-2)11-18(43-3)25(32)27(24)47-31)15(10-22(39)34-12-21-35-30(33)37-36-21)14-8-19(44-4)26(46-6)20(9-14)45-5/h8-9,11,13,15,40H,7,10,12H2,1-6H3,(H,34,39)(H3,33,35,36,37). The van der Waals surface area contributed by atoms with E-state index >= 15 is 0 Å². The molecule has 250 valence electrons. The van der Waals surface area contributed by atoms with Gasteiger partial charge < -0.3 is 44.6 Å². The molecular weight excluding hydrogens is 638 g/mol. The van der Waals surface area contributed by atoms with Crippen molar-refractivity contribution < 1.29 is 47.9 Å². The fourth-order valence-corrected chi connectivity index (χ4v) is 6.32. The minimum atomic E-state index is -2.07. The number of nitrogens with one attached hydrogen (secondary N) is 2. The lowest BCUT2D eigenvalue weighted by Gasteiger charge is -2.38. The number of aliphatic hydroxyl groups is 1. The number of hydrogen-bond donors (Lipinski definition) is 4. The van der Waals surface area contributed by atoms with Crippen molar-refractivity contribution in [3.8, 4) is 34.5 Å². The van der Waals surface area contributed by atoms with Crippen LogP contribution in [0.15, 0.2) is 29.5 Å². The number of nitrogen functional groups attached to an aromatic ring is 1. The molecule has 2 heterocycles. The maximum Gasteiger partial charge on any atom is 0.239 e. The second-order valence-corrected chi connectivity index (χ2v) is 11.3. The fraction of sp³-hybridized carbons (Fsp3) is 0.387. The summed E-state index contributed by atoms with van der Waals surface area (Å²) in [4.78, 5) is 45.7. The predicted molar refractivity (Wildman–Crippen MR) is 167 cm³/mol. The molecule has 47 heavy (non-hydrogen) atoms. The van der Waals surface area contributed by atoms with Crippen LogP contribution in [-0.4, -0.2) is 78.9 Å². The Hall–Kier alpha value is -5.18. The molecule has 0 saturated heterocycles. The van der Waals surface area contributed by atoms with Gasteiger partial charge >= 0.3 is 0 Å². The van der Waals surface area contributed by atoms with Gasteiger partial charge in [-0.3, -0.25) is 19.5 Å². The van der Waals surface area contributed by atoms with Gasteiger partial charge in [0, 0.05) is 36.3 Å². The monoisotopic (exact) mass is 671 g/mol. The lowest BCUT2D eigenvalue weighted by molar-refractivity contribution is -0.122. The Kier molecular flexibility index (Phi) is 9.11. The number of carbonyl (C=O) groups excluding carboxylic acids is 3. The minimum Gasteiger partial charge on any atom is -0.507 e. The van der Waals surface area contributed by atoms with Crippen molar-refractivity contribution in [2.75, 3.05) is 41.3 Å². The highest BCUT2D eigenvalue weighted by atomic mass is 35.5. The SMILES string of the molecule is COc1cc(OC)c2c(c1Cl)OC1(C2=O)C(O)=C(C(CC(=O)NCc2nc(N)n[nH]2)c2cc(OC)c(OC)c(OC)c2)C(=O)CC1C. The summed E-state index contributed by atoms with van der Waals surface area (Å²) in [6.07, 6.45) is -0.576. The zero-order chi connectivity index (χ0) is 34.2. The van der Waals surface area contributed by atoms with E-state index in [-0.39, 0.29) is 76.0 Å². The van der Waals surface area contributed by atoms with Crippen LogP contribution in [0.2, 0.25) is 5.02 Å². The zero-order valence-corrected chi connectivity index (χ0v) is 27.2. The Morgan fingerprint density at radius 2 is 1.72 bits per heavy atom. The number of aromatic amines is 1. The van der Waals surface area contributed by atoms with Gasteiger partial charge in [0.1, 0.15) is 27.9 Å². The number of ketones is 2. The number of rotatable bonds is 11. The minimum absolute atomic E-state index is 0.00317. The van der Waals surface area contributed by atoms with Gasteiger partial charge in [0.15, 0.2) is 28.8 Å². The third kappa shape index (κ3) is 5.49. The number of nitrogens with zero attached hydrogens (tertiary/aromatic N) is 2. The van der Waals surface area contributed by atoms with E-state index in [1.807, 2.05) is 0 Å². The predicted octanol–water partition coefficient (Wildman–Crippen LogP) is 3.31. The first-order chi connectivity index (χ1) is 22.4. The summed E-state index contributed by atoms with van der Waals surface area (Å²) in [6, 6.07) is 4.56. The first kappa shape index (κ1) is 33.2. The lowest BCUT2D eigenvalue weighted by atomic mass is 9.69. The molecule has 0 saturated carbocycles. The zero-order valence-electron chi connectivity index (χ0n) is 26.5. The Bertz CT molecular complexity index is 1760. The van der Waals surface area contributed by atoms with Crippen LogP contribution in [0.5, 0.6) is 34.5 Å². The second-order valence-electron chi connectivity index (χ2n) is 10.9. The molecule has 2 aromatic carbocycles. The number of benzene rings is 2. The molecule has 5 rings (SSSR count). The van der Waals surface area contributed by atoms with Gasteiger partial charge in [-0.05, 0) is 17.7 Å². The molecule has 3 atom stereocenters. The third-order valence-corrected chi connectivity index (χ3v) is 8.70. The average molecular weight is 672 g/mol. The molecule has 0 bridgehead atoms. The molecule has 16 heteroatoms. The molecule has 0 fully saturated rings. The third-order valence-electron chi connectivity index (χ3n) is 8.34. The van der Waals surface area contributed by atoms with Crippen LogP contribution in [0.25, 0.3) is 0 Å². The quantitative estimate of drug-likeness (QED) is 0.231. The molecule has 5 N–H and O–H groups in total. The van der Waals surface area contributed by atoms with E-state index < -0.39 is 40.7 Å². The molecule has 1 amide bonds. The highest BCUT2D eigenvalue weighted by Crippen LogP contribution is 2.56. The number of allylic oxidation sites excluding steroid dienone is 1. The summed E-state index contributed by atoms with van der Waals surface area (Å²) in [6.45, 7) is 1.55.